The third-order valence-electron chi connectivity index (χ3n) is 13.9. The molecule has 0 atom stereocenters. The molecule has 0 bridgehead atoms. The second-order valence-corrected chi connectivity index (χ2v) is 19.1. The molecule has 1 aromatic heterocycles. The fourth-order valence-electron chi connectivity index (χ4n) is 10.3. The molecule has 334 valence electrons. The SMILES string of the molecule is c1ccc(-c2ccc(N(c3ccc(-c4ccccc4)cc3)c3ccc4c(c3)sc3c5ccc(N(c6ccc(-c7ccccc7)cc6)c6ccc(-c7ccccc7)cc6)cc5c5ccccc5c43)cc2)cc1. The molecule has 0 aliphatic heterocycles. The van der Waals surface area contributed by atoms with Gasteiger partial charge < -0.3 is 9.80 Å². The first kappa shape index (κ1) is 42.1. The van der Waals surface area contributed by atoms with Gasteiger partial charge in [-0.3, -0.25) is 0 Å². The maximum Gasteiger partial charge on any atom is 0.0476 e. The van der Waals surface area contributed by atoms with Crippen LogP contribution in [-0.4, -0.2) is 0 Å². The normalized spacial score (nSPS) is 11.4. The predicted molar refractivity (Wildman–Crippen MR) is 305 cm³/mol. The van der Waals surface area contributed by atoms with E-state index in [1.54, 1.807) is 0 Å². The van der Waals surface area contributed by atoms with Crippen LogP contribution in [-0.2, 0) is 0 Å². The number of hydrogen-bond donors (Lipinski definition) is 0. The first-order valence-electron chi connectivity index (χ1n) is 24.2. The summed E-state index contributed by atoms with van der Waals surface area (Å²) >= 11 is 1.89. The highest BCUT2D eigenvalue weighted by Gasteiger charge is 2.21. The van der Waals surface area contributed by atoms with E-state index < -0.39 is 0 Å². The van der Waals surface area contributed by atoms with Crippen molar-refractivity contribution in [3.05, 3.63) is 279 Å². The minimum Gasteiger partial charge on any atom is -0.310 e. The lowest BCUT2D eigenvalue weighted by Crippen LogP contribution is -2.10. The minimum atomic E-state index is 1.10. The summed E-state index contributed by atoms with van der Waals surface area (Å²) in [4.78, 5) is 4.79. The molecule has 12 aromatic carbocycles. The molecule has 0 radical (unpaired) electrons. The summed E-state index contributed by atoms with van der Waals surface area (Å²) in [6, 6.07) is 101. The smallest absolute Gasteiger partial charge is 0.0476 e. The number of hydrogen-bond acceptors (Lipinski definition) is 3. The average molecular weight is 923 g/mol. The molecular weight excluding hydrogens is 877 g/mol. The van der Waals surface area contributed by atoms with Crippen LogP contribution in [0.3, 0.4) is 0 Å². The van der Waals surface area contributed by atoms with Crippen LogP contribution >= 0.6 is 11.3 Å². The van der Waals surface area contributed by atoms with Crippen LogP contribution in [0.4, 0.5) is 34.1 Å². The van der Waals surface area contributed by atoms with Gasteiger partial charge >= 0.3 is 0 Å². The van der Waals surface area contributed by atoms with Gasteiger partial charge in [-0.1, -0.05) is 206 Å². The van der Waals surface area contributed by atoms with Crippen LogP contribution in [0.1, 0.15) is 0 Å². The third-order valence-corrected chi connectivity index (χ3v) is 15.0. The third kappa shape index (κ3) is 7.89. The number of thiophene rings is 1. The predicted octanol–water partition coefficient (Wildman–Crippen LogP) is 20.0. The Morgan fingerprint density at radius 2 is 0.521 bits per heavy atom. The second kappa shape index (κ2) is 18.1. The number of fused-ring (bicyclic) bond motifs is 8. The molecule has 71 heavy (non-hydrogen) atoms. The van der Waals surface area contributed by atoms with Crippen LogP contribution in [0, 0.1) is 0 Å². The summed E-state index contributed by atoms with van der Waals surface area (Å²) in [5.41, 5.74) is 16.2. The van der Waals surface area contributed by atoms with Crippen LogP contribution in [0.25, 0.3) is 86.2 Å². The quantitative estimate of drug-likeness (QED) is 0.126. The van der Waals surface area contributed by atoms with Crippen molar-refractivity contribution in [1.29, 1.82) is 0 Å². The molecule has 13 rings (SSSR count). The maximum absolute atomic E-state index is 2.41. The molecule has 13 aromatic rings. The van der Waals surface area contributed by atoms with Gasteiger partial charge in [-0.2, -0.15) is 0 Å². The van der Waals surface area contributed by atoms with E-state index in [1.807, 2.05) is 11.3 Å². The van der Waals surface area contributed by atoms with E-state index in [9.17, 15) is 0 Å². The molecular formula is C68H46N2S. The lowest BCUT2D eigenvalue weighted by Gasteiger charge is -2.26. The van der Waals surface area contributed by atoms with Crippen molar-refractivity contribution in [2.45, 2.75) is 0 Å². The lowest BCUT2D eigenvalue weighted by atomic mass is 9.96. The van der Waals surface area contributed by atoms with Gasteiger partial charge in [-0.25, -0.2) is 0 Å². The van der Waals surface area contributed by atoms with Gasteiger partial charge in [0.15, 0.2) is 0 Å². The number of nitrogens with zero attached hydrogens (tertiary/aromatic N) is 2. The summed E-state index contributed by atoms with van der Waals surface area (Å²) in [6.45, 7) is 0. The lowest BCUT2D eigenvalue weighted by molar-refractivity contribution is 1.29. The Labute approximate surface area is 418 Å². The van der Waals surface area contributed by atoms with Crippen molar-refractivity contribution < 1.29 is 0 Å². The van der Waals surface area contributed by atoms with Crippen molar-refractivity contribution in [2.24, 2.45) is 0 Å². The Morgan fingerprint density at radius 1 is 0.211 bits per heavy atom. The fraction of sp³-hybridized carbons (Fsp3) is 0. The zero-order valence-corrected chi connectivity index (χ0v) is 39.7. The zero-order chi connectivity index (χ0) is 47.1. The van der Waals surface area contributed by atoms with Gasteiger partial charge in [0.1, 0.15) is 0 Å². The molecule has 3 heteroatoms. The summed E-state index contributed by atoms with van der Waals surface area (Å²) in [6.07, 6.45) is 0. The highest BCUT2D eigenvalue weighted by molar-refractivity contribution is 7.27. The summed E-state index contributed by atoms with van der Waals surface area (Å²) in [7, 11) is 0. The zero-order valence-electron chi connectivity index (χ0n) is 38.9. The van der Waals surface area contributed by atoms with Crippen LogP contribution in [0.2, 0.25) is 0 Å². The molecule has 0 spiro atoms. The van der Waals surface area contributed by atoms with Crippen molar-refractivity contribution in [3.63, 3.8) is 0 Å². The molecule has 0 aliphatic rings. The topological polar surface area (TPSA) is 6.48 Å². The molecule has 2 nitrogen and oxygen atoms in total. The van der Waals surface area contributed by atoms with Crippen LogP contribution < -0.4 is 9.80 Å². The molecule has 0 saturated carbocycles. The summed E-state index contributed by atoms with van der Waals surface area (Å²) < 4.78 is 2.55. The minimum absolute atomic E-state index is 1.10. The molecule has 0 N–H and O–H groups in total. The van der Waals surface area contributed by atoms with Crippen LogP contribution in [0.15, 0.2) is 279 Å². The van der Waals surface area contributed by atoms with E-state index in [4.69, 9.17) is 0 Å². The number of benzene rings is 12. The second-order valence-electron chi connectivity index (χ2n) is 18.1. The first-order chi connectivity index (χ1) is 35.2. The number of anilines is 6. The Bertz CT molecular complexity index is 3820. The van der Waals surface area contributed by atoms with Crippen molar-refractivity contribution in [3.8, 4) is 44.5 Å². The Hall–Kier alpha value is -9.02. The van der Waals surface area contributed by atoms with Crippen molar-refractivity contribution in [2.75, 3.05) is 9.80 Å². The van der Waals surface area contributed by atoms with E-state index >= 15 is 0 Å². The van der Waals surface area contributed by atoms with Gasteiger partial charge in [0, 0.05) is 59.7 Å². The standard InChI is InChI=1S/C68H46N2S/c1-5-15-47(16-6-1)51-25-33-55(34-26-51)69(56-35-27-52(28-36-56)48-17-7-2-8-18-48)59-41-43-63-65(45-59)61-23-13-14-24-62(61)67-64-44-42-60(46-66(64)71-68(63)67)70(57-37-29-53(30-38-57)49-19-9-3-10-20-49)58-39-31-54(32-40-58)50-21-11-4-12-22-50/h1-46H. The van der Waals surface area contributed by atoms with E-state index in [0.29, 0.717) is 0 Å². The highest BCUT2D eigenvalue weighted by atomic mass is 32.1. The monoisotopic (exact) mass is 922 g/mol. The van der Waals surface area contributed by atoms with E-state index in [-0.39, 0.29) is 0 Å². The van der Waals surface area contributed by atoms with E-state index in [2.05, 4.69) is 289 Å². The van der Waals surface area contributed by atoms with Crippen molar-refractivity contribution >= 4 is 87.2 Å². The summed E-state index contributed by atoms with van der Waals surface area (Å²) in [5.74, 6) is 0. The molecule has 0 unspecified atom stereocenters. The molecule has 1 heterocycles. The molecule has 0 fully saturated rings. The first-order valence-corrected chi connectivity index (χ1v) is 25.0. The van der Waals surface area contributed by atoms with Crippen molar-refractivity contribution in [1.82, 2.24) is 0 Å². The molecule has 0 saturated heterocycles. The molecule has 0 amide bonds. The van der Waals surface area contributed by atoms with Gasteiger partial charge in [0.05, 0.1) is 0 Å². The van der Waals surface area contributed by atoms with E-state index in [0.717, 1.165) is 34.1 Å². The van der Waals surface area contributed by atoms with Gasteiger partial charge in [-0.15, -0.1) is 11.3 Å². The largest absolute Gasteiger partial charge is 0.310 e. The Kier molecular flexibility index (Phi) is 10.8. The van der Waals surface area contributed by atoms with E-state index in [1.165, 1.54) is 86.2 Å². The molecule has 0 aliphatic carbocycles. The Balaban J connectivity index is 0.943. The summed E-state index contributed by atoms with van der Waals surface area (Å²) in [5, 5.41) is 7.59. The fourth-order valence-corrected chi connectivity index (χ4v) is 11.6. The van der Waals surface area contributed by atoms with Gasteiger partial charge in [0.2, 0.25) is 0 Å². The van der Waals surface area contributed by atoms with Gasteiger partial charge in [-0.05, 0) is 133 Å². The number of rotatable bonds is 10. The maximum atomic E-state index is 2.41. The van der Waals surface area contributed by atoms with Crippen LogP contribution in [0.5, 0.6) is 0 Å². The van der Waals surface area contributed by atoms with Gasteiger partial charge in [0.25, 0.3) is 0 Å². The average Bonchev–Trinajstić information content (AvgIpc) is 3.84. The highest BCUT2D eigenvalue weighted by Crippen LogP contribution is 2.48. The Morgan fingerprint density at radius 3 is 0.915 bits per heavy atom.